The average Bonchev–Trinajstić information content (AvgIpc) is 3.41. The largest absolute Gasteiger partial charge is 0.392 e. The van der Waals surface area contributed by atoms with Crippen molar-refractivity contribution in [2.75, 3.05) is 24.5 Å². The van der Waals surface area contributed by atoms with Gasteiger partial charge in [-0.25, -0.2) is 0 Å². The fourth-order valence-corrected chi connectivity index (χ4v) is 5.71. The number of aliphatic hydroxyl groups is 2. The van der Waals surface area contributed by atoms with Crippen LogP contribution in [0.5, 0.6) is 0 Å². The topological polar surface area (TPSA) is 110 Å². The summed E-state index contributed by atoms with van der Waals surface area (Å²) in [5.74, 6) is -0.325. The van der Waals surface area contributed by atoms with E-state index in [4.69, 9.17) is 0 Å². The van der Waals surface area contributed by atoms with E-state index in [0.29, 0.717) is 42.7 Å². The lowest BCUT2D eigenvalue weighted by Crippen LogP contribution is -2.51. The van der Waals surface area contributed by atoms with Crippen LogP contribution in [0.4, 0.5) is 5.69 Å². The van der Waals surface area contributed by atoms with Crippen molar-refractivity contribution >= 4 is 23.4 Å². The Morgan fingerprint density at radius 3 is 2.44 bits per heavy atom. The summed E-state index contributed by atoms with van der Waals surface area (Å²) in [6.45, 7) is 2.85. The highest BCUT2D eigenvalue weighted by atomic mass is 16.3. The van der Waals surface area contributed by atoms with Crippen LogP contribution in [0.15, 0.2) is 48.5 Å². The molecule has 2 aromatic rings. The maximum atomic E-state index is 13.5. The lowest BCUT2D eigenvalue weighted by molar-refractivity contribution is -0.138. The van der Waals surface area contributed by atoms with Crippen LogP contribution in [-0.4, -0.2) is 64.6 Å². The Hall–Kier alpha value is -3.23. The summed E-state index contributed by atoms with van der Waals surface area (Å²) in [5, 5.41) is 24.2. The van der Waals surface area contributed by atoms with Crippen LogP contribution in [0, 0.1) is 5.92 Å². The van der Waals surface area contributed by atoms with E-state index in [9.17, 15) is 24.6 Å². The molecule has 8 heteroatoms. The van der Waals surface area contributed by atoms with E-state index in [1.54, 1.807) is 28.0 Å². The van der Waals surface area contributed by atoms with Crippen LogP contribution >= 0.6 is 0 Å². The van der Waals surface area contributed by atoms with E-state index < -0.39 is 18.1 Å². The van der Waals surface area contributed by atoms with Gasteiger partial charge in [0.2, 0.25) is 11.8 Å². The molecule has 4 rings (SSSR count). The summed E-state index contributed by atoms with van der Waals surface area (Å²) in [4.78, 5) is 42.4. The summed E-state index contributed by atoms with van der Waals surface area (Å²) >= 11 is 0. The SMILES string of the molecule is CCN(C[C@@H](O)[C@H](Cc1ccccc1)NC(=O)c1cc(CO)cc(N2CCCC2=O)c1)C(=O)C1CCCCC1. The normalized spacial score (nSPS) is 17.6. The van der Waals surface area contributed by atoms with E-state index in [1.165, 1.54) is 0 Å². The molecule has 0 unspecified atom stereocenters. The zero-order chi connectivity index (χ0) is 27.8. The number of benzene rings is 2. The zero-order valence-corrected chi connectivity index (χ0v) is 22.8. The molecule has 1 saturated carbocycles. The Kier molecular flexibility index (Phi) is 10.1. The van der Waals surface area contributed by atoms with Gasteiger partial charge in [0.15, 0.2) is 0 Å². The molecule has 0 radical (unpaired) electrons. The van der Waals surface area contributed by atoms with E-state index in [-0.39, 0.29) is 30.9 Å². The second-order valence-corrected chi connectivity index (χ2v) is 10.7. The number of aliphatic hydroxyl groups excluding tert-OH is 2. The Balaban J connectivity index is 1.54. The van der Waals surface area contributed by atoms with Gasteiger partial charge >= 0.3 is 0 Å². The molecule has 210 valence electrons. The second kappa shape index (κ2) is 13.7. The maximum absolute atomic E-state index is 13.5. The Bertz CT molecular complexity index is 1130. The minimum absolute atomic E-state index is 0.000930. The molecule has 2 atom stereocenters. The minimum Gasteiger partial charge on any atom is -0.392 e. The Morgan fingerprint density at radius 1 is 1.05 bits per heavy atom. The van der Waals surface area contributed by atoms with Gasteiger partial charge in [0, 0.05) is 43.2 Å². The number of nitrogens with zero attached hydrogens (tertiary/aromatic N) is 2. The number of anilines is 1. The van der Waals surface area contributed by atoms with Crippen LogP contribution in [-0.2, 0) is 22.6 Å². The highest BCUT2D eigenvalue weighted by Gasteiger charge is 2.30. The first-order chi connectivity index (χ1) is 18.9. The van der Waals surface area contributed by atoms with Crippen molar-refractivity contribution in [2.24, 2.45) is 5.92 Å². The summed E-state index contributed by atoms with van der Waals surface area (Å²) in [5.41, 5.74) is 2.39. The first-order valence-electron chi connectivity index (χ1n) is 14.3. The number of hydrogen-bond acceptors (Lipinski definition) is 5. The number of likely N-dealkylation sites (N-methyl/N-ethyl adjacent to an activating group) is 1. The van der Waals surface area contributed by atoms with Crippen LogP contribution in [0.1, 0.15) is 73.4 Å². The zero-order valence-electron chi connectivity index (χ0n) is 22.8. The van der Waals surface area contributed by atoms with Gasteiger partial charge in [0.25, 0.3) is 5.91 Å². The number of amides is 3. The summed E-state index contributed by atoms with van der Waals surface area (Å²) in [7, 11) is 0. The quantitative estimate of drug-likeness (QED) is 0.408. The molecule has 1 saturated heterocycles. The van der Waals surface area contributed by atoms with Crippen molar-refractivity contribution in [3.05, 3.63) is 65.2 Å². The van der Waals surface area contributed by atoms with E-state index in [2.05, 4.69) is 5.32 Å². The van der Waals surface area contributed by atoms with Gasteiger partial charge in [-0.3, -0.25) is 14.4 Å². The van der Waals surface area contributed by atoms with Crippen molar-refractivity contribution in [3.63, 3.8) is 0 Å². The van der Waals surface area contributed by atoms with Gasteiger partial charge < -0.3 is 25.3 Å². The summed E-state index contributed by atoms with van der Waals surface area (Å²) in [6.07, 6.45) is 5.67. The lowest BCUT2D eigenvalue weighted by atomic mass is 9.88. The van der Waals surface area contributed by atoms with Crippen molar-refractivity contribution in [3.8, 4) is 0 Å². The Morgan fingerprint density at radius 2 is 1.79 bits per heavy atom. The third-order valence-corrected chi connectivity index (χ3v) is 7.94. The highest BCUT2D eigenvalue weighted by Crippen LogP contribution is 2.26. The molecule has 3 amide bonds. The van der Waals surface area contributed by atoms with E-state index >= 15 is 0 Å². The standard InChI is InChI=1S/C31H41N3O5/c1-2-33(31(39)24-12-7-4-8-13-24)20-28(36)27(18-22-10-5-3-6-11-22)32-30(38)25-16-23(21-35)17-26(19-25)34-15-9-14-29(34)37/h3,5-6,10-11,16-17,19,24,27-28,35-36H,2,4,7-9,12-15,18,20-21H2,1H3,(H,32,38)/t27-,28+/m0/s1. The minimum atomic E-state index is -0.984. The molecule has 0 spiro atoms. The molecular weight excluding hydrogens is 494 g/mol. The number of rotatable bonds is 11. The summed E-state index contributed by atoms with van der Waals surface area (Å²) < 4.78 is 0. The summed E-state index contributed by atoms with van der Waals surface area (Å²) in [6, 6.07) is 14.0. The molecule has 0 bridgehead atoms. The maximum Gasteiger partial charge on any atom is 0.251 e. The van der Waals surface area contributed by atoms with Crippen LogP contribution < -0.4 is 10.2 Å². The number of carbonyl (C=O) groups excluding carboxylic acids is 3. The Labute approximate surface area is 231 Å². The van der Waals surface area contributed by atoms with Crippen molar-refractivity contribution < 1.29 is 24.6 Å². The molecule has 2 fully saturated rings. The molecule has 8 nitrogen and oxygen atoms in total. The second-order valence-electron chi connectivity index (χ2n) is 10.7. The lowest BCUT2D eigenvalue weighted by Gasteiger charge is -2.33. The predicted octanol–water partition coefficient (Wildman–Crippen LogP) is 3.44. The van der Waals surface area contributed by atoms with Crippen molar-refractivity contribution in [1.82, 2.24) is 10.2 Å². The van der Waals surface area contributed by atoms with E-state index in [0.717, 1.165) is 44.1 Å². The fourth-order valence-electron chi connectivity index (χ4n) is 5.71. The molecule has 1 heterocycles. The van der Waals surface area contributed by atoms with Gasteiger partial charge in [0.05, 0.1) is 18.8 Å². The molecule has 39 heavy (non-hydrogen) atoms. The van der Waals surface area contributed by atoms with Gasteiger partial charge in [-0.1, -0.05) is 49.6 Å². The van der Waals surface area contributed by atoms with Crippen molar-refractivity contribution in [2.45, 2.75) is 77.0 Å². The molecule has 2 aliphatic rings. The van der Waals surface area contributed by atoms with Gasteiger partial charge in [-0.15, -0.1) is 0 Å². The highest BCUT2D eigenvalue weighted by molar-refractivity contribution is 5.99. The average molecular weight is 536 g/mol. The van der Waals surface area contributed by atoms with Crippen LogP contribution in [0.3, 0.4) is 0 Å². The van der Waals surface area contributed by atoms with Crippen LogP contribution in [0.25, 0.3) is 0 Å². The molecule has 0 aromatic heterocycles. The van der Waals surface area contributed by atoms with E-state index in [1.807, 2.05) is 37.3 Å². The van der Waals surface area contributed by atoms with Gasteiger partial charge in [-0.05, 0) is 61.9 Å². The van der Waals surface area contributed by atoms with Crippen LogP contribution in [0.2, 0.25) is 0 Å². The van der Waals surface area contributed by atoms with Crippen molar-refractivity contribution in [1.29, 1.82) is 0 Å². The van der Waals surface area contributed by atoms with Gasteiger partial charge in [0.1, 0.15) is 0 Å². The first kappa shape index (κ1) is 28.8. The number of nitrogens with one attached hydrogen (secondary N) is 1. The fraction of sp³-hybridized carbons (Fsp3) is 0.516. The number of hydrogen-bond donors (Lipinski definition) is 3. The molecule has 2 aromatic carbocycles. The predicted molar refractivity (Wildman–Crippen MR) is 150 cm³/mol. The number of carbonyl (C=O) groups is 3. The smallest absolute Gasteiger partial charge is 0.251 e. The third-order valence-electron chi connectivity index (χ3n) is 7.94. The third kappa shape index (κ3) is 7.46. The molecular formula is C31H41N3O5. The molecule has 1 aliphatic carbocycles. The first-order valence-corrected chi connectivity index (χ1v) is 14.3. The monoisotopic (exact) mass is 535 g/mol. The molecule has 3 N–H and O–H groups in total. The van der Waals surface area contributed by atoms with Gasteiger partial charge in [-0.2, -0.15) is 0 Å². The molecule has 1 aliphatic heterocycles.